The SMILES string of the molecule is O=C([O-])c1ccccc1C(=O)NC[C@H](O)c1ccccc1. The Morgan fingerprint density at radius 2 is 1.57 bits per heavy atom. The molecule has 0 saturated heterocycles. The number of hydrogen-bond acceptors (Lipinski definition) is 4. The lowest BCUT2D eigenvalue weighted by molar-refractivity contribution is -0.255. The smallest absolute Gasteiger partial charge is 0.252 e. The molecule has 2 aromatic carbocycles. The van der Waals surface area contributed by atoms with E-state index in [1.54, 1.807) is 30.3 Å². The van der Waals surface area contributed by atoms with Crippen molar-refractivity contribution >= 4 is 11.9 Å². The molecule has 5 heteroatoms. The molecule has 108 valence electrons. The van der Waals surface area contributed by atoms with Gasteiger partial charge in [0.1, 0.15) is 0 Å². The van der Waals surface area contributed by atoms with Crippen molar-refractivity contribution in [3.8, 4) is 0 Å². The molecule has 0 unspecified atom stereocenters. The molecule has 0 aliphatic heterocycles. The number of aromatic carboxylic acids is 1. The van der Waals surface area contributed by atoms with Crippen molar-refractivity contribution in [2.45, 2.75) is 6.10 Å². The average molecular weight is 284 g/mol. The largest absolute Gasteiger partial charge is 0.545 e. The summed E-state index contributed by atoms with van der Waals surface area (Å²) in [5, 5.41) is 23.4. The zero-order valence-electron chi connectivity index (χ0n) is 11.2. The Bertz CT molecular complexity index is 640. The van der Waals surface area contributed by atoms with E-state index in [0.717, 1.165) is 0 Å². The normalized spacial score (nSPS) is 11.7. The Hall–Kier alpha value is -2.66. The van der Waals surface area contributed by atoms with Crippen LogP contribution >= 0.6 is 0 Å². The van der Waals surface area contributed by atoms with E-state index in [0.29, 0.717) is 5.56 Å². The summed E-state index contributed by atoms with van der Waals surface area (Å²) in [7, 11) is 0. The lowest BCUT2D eigenvalue weighted by Gasteiger charge is -2.14. The Kier molecular flexibility index (Phi) is 4.68. The Morgan fingerprint density at radius 3 is 2.19 bits per heavy atom. The first-order valence-electron chi connectivity index (χ1n) is 6.41. The van der Waals surface area contributed by atoms with Crippen molar-refractivity contribution in [1.29, 1.82) is 0 Å². The molecule has 0 aliphatic rings. The van der Waals surface area contributed by atoms with Gasteiger partial charge < -0.3 is 20.3 Å². The fourth-order valence-corrected chi connectivity index (χ4v) is 1.94. The third-order valence-electron chi connectivity index (χ3n) is 3.03. The van der Waals surface area contributed by atoms with Crippen LogP contribution in [0.5, 0.6) is 0 Å². The molecule has 5 nitrogen and oxygen atoms in total. The van der Waals surface area contributed by atoms with Gasteiger partial charge in [-0.15, -0.1) is 0 Å². The van der Waals surface area contributed by atoms with Crippen LogP contribution in [0.2, 0.25) is 0 Å². The van der Waals surface area contributed by atoms with E-state index in [1.807, 2.05) is 6.07 Å². The highest BCUT2D eigenvalue weighted by atomic mass is 16.4. The number of nitrogens with one attached hydrogen (secondary N) is 1. The number of aliphatic hydroxyl groups is 1. The lowest BCUT2D eigenvalue weighted by atomic mass is 10.1. The van der Waals surface area contributed by atoms with E-state index < -0.39 is 18.0 Å². The van der Waals surface area contributed by atoms with E-state index in [2.05, 4.69) is 5.32 Å². The molecule has 2 N–H and O–H groups in total. The molecule has 2 aromatic rings. The van der Waals surface area contributed by atoms with Gasteiger partial charge >= 0.3 is 0 Å². The first-order chi connectivity index (χ1) is 10.1. The minimum absolute atomic E-state index is 0.00969. The topological polar surface area (TPSA) is 89.5 Å². The van der Waals surface area contributed by atoms with Gasteiger partial charge in [-0.1, -0.05) is 48.5 Å². The van der Waals surface area contributed by atoms with E-state index in [4.69, 9.17) is 0 Å². The minimum atomic E-state index is -1.41. The van der Waals surface area contributed by atoms with Gasteiger partial charge in [0.2, 0.25) is 0 Å². The summed E-state index contributed by atoms with van der Waals surface area (Å²) in [6.07, 6.45) is -0.856. The Morgan fingerprint density at radius 1 is 1.00 bits per heavy atom. The molecule has 1 atom stereocenters. The number of carbonyl (C=O) groups excluding carboxylic acids is 2. The molecule has 0 spiro atoms. The number of rotatable bonds is 5. The third kappa shape index (κ3) is 3.67. The van der Waals surface area contributed by atoms with E-state index >= 15 is 0 Å². The summed E-state index contributed by atoms with van der Waals surface area (Å²) in [6, 6.07) is 14.7. The van der Waals surface area contributed by atoms with E-state index in [9.17, 15) is 19.8 Å². The molecule has 0 aliphatic carbocycles. The molecule has 21 heavy (non-hydrogen) atoms. The third-order valence-corrected chi connectivity index (χ3v) is 3.03. The molecule has 1 amide bonds. The van der Waals surface area contributed by atoms with Crippen molar-refractivity contribution in [3.63, 3.8) is 0 Å². The number of benzene rings is 2. The van der Waals surface area contributed by atoms with Gasteiger partial charge in [-0.3, -0.25) is 4.79 Å². The van der Waals surface area contributed by atoms with Gasteiger partial charge in [0.15, 0.2) is 0 Å². The number of carboxylic acids is 1. The van der Waals surface area contributed by atoms with Crippen LogP contribution in [0.25, 0.3) is 0 Å². The van der Waals surface area contributed by atoms with Gasteiger partial charge in [-0.25, -0.2) is 0 Å². The molecule has 0 radical (unpaired) electrons. The maximum Gasteiger partial charge on any atom is 0.252 e. The summed E-state index contributed by atoms with van der Waals surface area (Å²) in [6.45, 7) is -0.00969. The second-order valence-corrected chi connectivity index (χ2v) is 4.47. The molecule has 0 fully saturated rings. The van der Waals surface area contributed by atoms with E-state index in [-0.39, 0.29) is 17.7 Å². The summed E-state index contributed by atoms with van der Waals surface area (Å²) in [5.41, 5.74) is 0.507. The van der Waals surface area contributed by atoms with Crippen molar-refractivity contribution in [3.05, 3.63) is 71.3 Å². The molecule has 0 heterocycles. The maximum absolute atomic E-state index is 12.0. The molecular weight excluding hydrogens is 270 g/mol. The van der Waals surface area contributed by atoms with Crippen molar-refractivity contribution in [1.82, 2.24) is 5.32 Å². The van der Waals surface area contributed by atoms with Crippen LogP contribution in [0.15, 0.2) is 54.6 Å². The predicted molar refractivity (Wildman–Crippen MR) is 74.5 cm³/mol. The first-order valence-corrected chi connectivity index (χ1v) is 6.41. The summed E-state index contributed by atoms with van der Waals surface area (Å²) < 4.78 is 0. The summed E-state index contributed by atoms with van der Waals surface area (Å²) in [5.74, 6) is -1.98. The minimum Gasteiger partial charge on any atom is -0.545 e. The van der Waals surface area contributed by atoms with Crippen LogP contribution in [0, 0.1) is 0 Å². The highest BCUT2D eigenvalue weighted by Crippen LogP contribution is 2.12. The Balaban J connectivity index is 2.04. The Labute approximate surface area is 121 Å². The fraction of sp³-hybridized carbons (Fsp3) is 0.125. The average Bonchev–Trinajstić information content (AvgIpc) is 2.53. The standard InChI is InChI=1S/C16H15NO4/c18-14(11-6-2-1-3-7-11)10-17-15(19)12-8-4-5-9-13(12)16(20)21/h1-9,14,18H,10H2,(H,17,19)(H,20,21)/p-1/t14-/m0/s1. The van der Waals surface area contributed by atoms with Gasteiger partial charge in [0, 0.05) is 17.7 Å². The van der Waals surface area contributed by atoms with Gasteiger partial charge in [0.05, 0.1) is 12.1 Å². The van der Waals surface area contributed by atoms with Gasteiger partial charge in [0.25, 0.3) is 5.91 Å². The molecule has 2 rings (SSSR count). The van der Waals surface area contributed by atoms with Crippen molar-refractivity contribution in [2.75, 3.05) is 6.54 Å². The predicted octanol–water partition coefficient (Wildman–Crippen LogP) is 0.513. The molecule has 0 bridgehead atoms. The molecule has 0 saturated carbocycles. The second kappa shape index (κ2) is 6.67. The number of carboxylic acid groups (broad SMARTS) is 1. The first kappa shape index (κ1) is 14.7. The van der Waals surface area contributed by atoms with Crippen LogP contribution in [0.3, 0.4) is 0 Å². The number of amides is 1. The molecular formula is C16H14NO4-. The highest BCUT2D eigenvalue weighted by Gasteiger charge is 2.13. The van der Waals surface area contributed by atoms with Crippen LogP contribution in [-0.2, 0) is 0 Å². The monoisotopic (exact) mass is 284 g/mol. The maximum atomic E-state index is 12.0. The zero-order valence-corrected chi connectivity index (χ0v) is 11.2. The van der Waals surface area contributed by atoms with Crippen LogP contribution < -0.4 is 10.4 Å². The van der Waals surface area contributed by atoms with Crippen LogP contribution in [-0.4, -0.2) is 23.5 Å². The molecule has 0 aromatic heterocycles. The fourth-order valence-electron chi connectivity index (χ4n) is 1.94. The van der Waals surface area contributed by atoms with Gasteiger partial charge in [-0.2, -0.15) is 0 Å². The second-order valence-electron chi connectivity index (χ2n) is 4.47. The number of aliphatic hydroxyl groups excluding tert-OH is 1. The number of carbonyl (C=O) groups is 2. The zero-order chi connectivity index (χ0) is 15.2. The van der Waals surface area contributed by atoms with Crippen LogP contribution in [0.1, 0.15) is 32.4 Å². The van der Waals surface area contributed by atoms with Crippen LogP contribution in [0.4, 0.5) is 0 Å². The number of hydrogen-bond donors (Lipinski definition) is 2. The van der Waals surface area contributed by atoms with Crippen molar-refractivity contribution < 1.29 is 19.8 Å². The van der Waals surface area contributed by atoms with E-state index in [1.165, 1.54) is 18.2 Å². The highest BCUT2D eigenvalue weighted by molar-refractivity contribution is 6.04. The quantitative estimate of drug-likeness (QED) is 0.837. The lowest BCUT2D eigenvalue weighted by Crippen LogP contribution is -2.32. The van der Waals surface area contributed by atoms with Gasteiger partial charge in [-0.05, 0) is 11.6 Å². The van der Waals surface area contributed by atoms with Crippen molar-refractivity contribution in [2.24, 2.45) is 0 Å². The summed E-state index contributed by atoms with van der Waals surface area (Å²) in [4.78, 5) is 22.9. The summed E-state index contributed by atoms with van der Waals surface area (Å²) >= 11 is 0.